The number of phenols is 1. The second-order valence-electron chi connectivity index (χ2n) is 4.98. The molecule has 2 aromatic carbocycles. The molecule has 5 heteroatoms. The molecule has 0 heterocycles. The van der Waals surface area contributed by atoms with Gasteiger partial charge in [-0.3, -0.25) is 4.79 Å². The lowest BCUT2D eigenvalue weighted by Crippen LogP contribution is -2.06. The predicted octanol–water partition coefficient (Wildman–Crippen LogP) is 2.88. The zero-order chi connectivity index (χ0) is 15.6. The lowest BCUT2D eigenvalue weighted by atomic mass is 10.1. The highest BCUT2D eigenvalue weighted by Gasteiger charge is 2.18. The van der Waals surface area contributed by atoms with Crippen molar-refractivity contribution < 1.29 is 18.3 Å². The Morgan fingerprint density at radius 2 is 1.86 bits per heavy atom. The summed E-state index contributed by atoms with van der Waals surface area (Å²) < 4.78 is 24.8. The van der Waals surface area contributed by atoms with Gasteiger partial charge in [-0.15, -0.1) is 0 Å². The molecule has 0 atom stereocenters. The minimum absolute atomic E-state index is 0.128. The number of carbonyl (C=O) groups excluding carboxylic acids is 1. The van der Waals surface area contributed by atoms with E-state index in [-0.39, 0.29) is 27.7 Å². The highest BCUT2D eigenvalue weighted by atomic mass is 32.2. The Morgan fingerprint density at radius 3 is 2.48 bits per heavy atom. The second kappa shape index (κ2) is 5.69. The highest BCUT2D eigenvalue weighted by molar-refractivity contribution is 7.90. The fraction of sp³-hybridized carbons (Fsp3) is 0.188. The summed E-state index contributed by atoms with van der Waals surface area (Å²) in [6.07, 6.45) is 0. The van der Waals surface area contributed by atoms with Gasteiger partial charge < -0.3 is 5.11 Å². The Morgan fingerprint density at radius 1 is 1.14 bits per heavy atom. The van der Waals surface area contributed by atoms with Gasteiger partial charge in [0, 0.05) is 11.1 Å². The number of phenolic OH excluding ortho intramolecular Hbond substituents is 1. The van der Waals surface area contributed by atoms with Crippen molar-refractivity contribution in [2.75, 3.05) is 0 Å². The minimum Gasteiger partial charge on any atom is -0.508 e. The molecule has 0 radical (unpaired) electrons. The van der Waals surface area contributed by atoms with Crippen LogP contribution >= 0.6 is 0 Å². The van der Waals surface area contributed by atoms with Crippen LogP contribution in [0.25, 0.3) is 0 Å². The standard InChI is InChI=1S/C16H16O4S/c1-11-4-3-5-15(8-11)21(19,20)10-14-9-13(12(2)17)6-7-16(14)18/h3-9,18H,10H2,1-2H3. The van der Waals surface area contributed by atoms with Crippen molar-refractivity contribution in [3.63, 3.8) is 0 Å². The molecule has 0 saturated heterocycles. The van der Waals surface area contributed by atoms with Gasteiger partial charge >= 0.3 is 0 Å². The van der Waals surface area contributed by atoms with E-state index in [0.717, 1.165) is 5.56 Å². The molecular formula is C16H16O4S. The van der Waals surface area contributed by atoms with Crippen LogP contribution in [0.3, 0.4) is 0 Å². The van der Waals surface area contributed by atoms with Gasteiger partial charge in [-0.1, -0.05) is 12.1 Å². The molecule has 2 rings (SSSR count). The summed E-state index contributed by atoms with van der Waals surface area (Å²) in [6.45, 7) is 3.21. The Labute approximate surface area is 124 Å². The van der Waals surface area contributed by atoms with Crippen molar-refractivity contribution in [1.29, 1.82) is 0 Å². The summed E-state index contributed by atoms with van der Waals surface area (Å²) in [5.74, 6) is -0.649. The maximum absolute atomic E-state index is 12.4. The van der Waals surface area contributed by atoms with E-state index >= 15 is 0 Å². The third-order valence-electron chi connectivity index (χ3n) is 3.18. The summed E-state index contributed by atoms with van der Waals surface area (Å²) >= 11 is 0. The van der Waals surface area contributed by atoms with E-state index in [1.807, 2.05) is 13.0 Å². The van der Waals surface area contributed by atoms with Gasteiger partial charge in [0.05, 0.1) is 10.6 Å². The van der Waals surface area contributed by atoms with Crippen LogP contribution in [0.4, 0.5) is 0 Å². The third-order valence-corrected chi connectivity index (χ3v) is 4.84. The van der Waals surface area contributed by atoms with Crippen LogP contribution in [0.2, 0.25) is 0 Å². The number of rotatable bonds is 4. The van der Waals surface area contributed by atoms with Crippen LogP contribution in [0.15, 0.2) is 47.4 Å². The number of Topliss-reactive ketones (excluding diaryl/α,β-unsaturated/α-hetero) is 1. The van der Waals surface area contributed by atoms with Gasteiger partial charge in [-0.05, 0) is 49.7 Å². The highest BCUT2D eigenvalue weighted by Crippen LogP contribution is 2.24. The molecule has 1 N–H and O–H groups in total. The zero-order valence-corrected chi connectivity index (χ0v) is 12.6. The van der Waals surface area contributed by atoms with Crippen molar-refractivity contribution in [2.24, 2.45) is 0 Å². The van der Waals surface area contributed by atoms with Crippen molar-refractivity contribution in [1.82, 2.24) is 0 Å². The van der Waals surface area contributed by atoms with Gasteiger partial charge in [-0.2, -0.15) is 0 Å². The molecule has 0 fully saturated rings. The number of hydrogen-bond acceptors (Lipinski definition) is 4. The molecule has 0 saturated carbocycles. The van der Waals surface area contributed by atoms with Crippen molar-refractivity contribution in [2.45, 2.75) is 24.5 Å². The maximum atomic E-state index is 12.4. The average molecular weight is 304 g/mol. The molecule has 0 unspecified atom stereocenters. The molecule has 2 aromatic rings. The fourth-order valence-corrected chi connectivity index (χ4v) is 3.48. The van der Waals surface area contributed by atoms with Gasteiger partial charge in [0.2, 0.25) is 0 Å². The lowest BCUT2D eigenvalue weighted by molar-refractivity contribution is 0.101. The normalized spacial score (nSPS) is 11.3. The summed E-state index contributed by atoms with van der Waals surface area (Å²) in [6, 6.07) is 10.8. The Kier molecular flexibility index (Phi) is 4.14. The number of hydrogen-bond donors (Lipinski definition) is 1. The summed E-state index contributed by atoms with van der Waals surface area (Å²) in [4.78, 5) is 11.6. The van der Waals surface area contributed by atoms with E-state index in [4.69, 9.17) is 0 Å². The molecule has 0 aliphatic rings. The zero-order valence-electron chi connectivity index (χ0n) is 11.8. The van der Waals surface area contributed by atoms with E-state index in [2.05, 4.69) is 0 Å². The molecule has 0 spiro atoms. The lowest BCUT2D eigenvalue weighted by Gasteiger charge is -2.08. The number of carbonyl (C=O) groups is 1. The van der Waals surface area contributed by atoms with E-state index in [1.165, 1.54) is 31.2 Å². The number of aryl methyl sites for hydroxylation is 1. The number of sulfone groups is 1. The largest absolute Gasteiger partial charge is 0.508 e. The predicted molar refractivity (Wildman–Crippen MR) is 80.2 cm³/mol. The van der Waals surface area contributed by atoms with Crippen LogP contribution < -0.4 is 0 Å². The second-order valence-corrected chi connectivity index (χ2v) is 6.96. The maximum Gasteiger partial charge on any atom is 0.182 e. The first-order valence-corrected chi connectivity index (χ1v) is 8.07. The first kappa shape index (κ1) is 15.3. The van der Waals surface area contributed by atoms with Gasteiger partial charge in [-0.25, -0.2) is 8.42 Å². The van der Waals surface area contributed by atoms with Gasteiger partial charge in [0.25, 0.3) is 0 Å². The molecule has 4 nitrogen and oxygen atoms in total. The first-order valence-electron chi connectivity index (χ1n) is 6.42. The number of aromatic hydroxyl groups is 1. The summed E-state index contributed by atoms with van der Waals surface area (Å²) in [5, 5.41) is 9.81. The Bertz CT molecular complexity index is 792. The molecule has 0 aliphatic heterocycles. The quantitative estimate of drug-likeness (QED) is 0.882. The molecule has 21 heavy (non-hydrogen) atoms. The van der Waals surface area contributed by atoms with Crippen LogP contribution in [0, 0.1) is 6.92 Å². The fourth-order valence-electron chi connectivity index (χ4n) is 2.02. The molecule has 110 valence electrons. The topological polar surface area (TPSA) is 71.4 Å². The third kappa shape index (κ3) is 3.49. The van der Waals surface area contributed by atoms with Crippen LogP contribution in [0.5, 0.6) is 5.75 Å². The van der Waals surface area contributed by atoms with Crippen LogP contribution in [-0.2, 0) is 15.6 Å². The monoisotopic (exact) mass is 304 g/mol. The van der Waals surface area contributed by atoms with Crippen LogP contribution in [-0.4, -0.2) is 19.3 Å². The van der Waals surface area contributed by atoms with Crippen molar-refractivity contribution in [3.05, 3.63) is 59.2 Å². The minimum atomic E-state index is -3.57. The van der Waals surface area contributed by atoms with E-state index in [1.54, 1.807) is 12.1 Å². The Balaban J connectivity index is 2.41. The molecule has 0 bridgehead atoms. The number of benzene rings is 2. The summed E-state index contributed by atoms with van der Waals surface area (Å²) in [5.41, 5.74) is 1.45. The molecule has 0 aromatic heterocycles. The van der Waals surface area contributed by atoms with Crippen molar-refractivity contribution in [3.8, 4) is 5.75 Å². The molecular weight excluding hydrogens is 288 g/mol. The van der Waals surface area contributed by atoms with Crippen LogP contribution in [0.1, 0.15) is 28.4 Å². The van der Waals surface area contributed by atoms with Gasteiger partial charge in [0.15, 0.2) is 15.6 Å². The van der Waals surface area contributed by atoms with Gasteiger partial charge in [0.1, 0.15) is 5.75 Å². The smallest absolute Gasteiger partial charge is 0.182 e. The Hall–Kier alpha value is -2.14. The van der Waals surface area contributed by atoms with E-state index < -0.39 is 9.84 Å². The van der Waals surface area contributed by atoms with E-state index in [0.29, 0.717) is 5.56 Å². The average Bonchev–Trinajstić information content (AvgIpc) is 2.41. The number of ketones is 1. The SMILES string of the molecule is CC(=O)c1ccc(O)c(CS(=O)(=O)c2cccc(C)c2)c1. The molecule has 0 aliphatic carbocycles. The first-order chi connectivity index (χ1) is 9.79. The summed E-state index contributed by atoms with van der Waals surface area (Å²) in [7, 11) is -3.57. The van der Waals surface area contributed by atoms with E-state index in [9.17, 15) is 18.3 Å². The van der Waals surface area contributed by atoms with Crippen molar-refractivity contribution >= 4 is 15.6 Å². The molecule has 0 amide bonds.